The van der Waals surface area contributed by atoms with E-state index >= 15 is 0 Å². The third kappa shape index (κ3) is 3.24. The van der Waals surface area contributed by atoms with Crippen molar-refractivity contribution in [1.29, 1.82) is 0 Å². The summed E-state index contributed by atoms with van der Waals surface area (Å²) in [7, 11) is 0. The minimum absolute atomic E-state index is 0.296. The van der Waals surface area contributed by atoms with E-state index in [0.29, 0.717) is 28.0 Å². The van der Waals surface area contributed by atoms with Gasteiger partial charge in [0.1, 0.15) is 10.7 Å². The van der Waals surface area contributed by atoms with Crippen LogP contribution in [0.5, 0.6) is 0 Å². The van der Waals surface area contributed by atoms with Gasteiger partial charge >= 0.3 is 0 Å². The van der Waals surface area contributed by atoms with E-state index in [1.807, 2.05) is 19.9 Å². The zero-order valence-corrected chi connectivity index (χ0v) is 12.2. The molecule has 1 aromatic heterocycles. The molecule has 0 aliphatic rings. The van der Waals surface area contributed by atoms with Gasteiger partial charge in [0.25, 0.3) is 0 Å². The van der Waals surface area contributed by atoms with Crippen LogP contribution in [-0.4, -0.2) is 9.97 Å². The number of hydrogen-bond donors (Lipinski definition) is 2. The predicted octanol–water partition coefficient (Wildman–Crippen LogP) is 3.19. The van der Waals surface area contributed by atoms with Gasteiger partial charge in [-0.1, -0.05) is 23.8 Å². The topological polar surface area (TPSA) is 64.1 Å². The number of nitrogens with two attached hydrogens (primary N) is 1. The van der Waals surface area contributed by atoms with Gasteiger partial charge in [-0.25, -0.2) is 4.98 Å². The van der Waals surface area contributed by atoms with E-state index in [2.05, 4.69) is 10.3 Å². The maximum Gasteiger partial charge on any atom is 0.213 e. The SMILES string of the molecule is Cc1nc(CNc2ccc(Cl)cc2C(N)=S)oc1C. The summed E-state index contributed by atoms with van der Waals surface area (Å²) in [4.78, 5) is 4.59. The molecule has 1 aromatic carbocycles. The van der Waals surface area contributed by atoms with Crippen LogP contribution in [0.4, 0.5) is 5.69 Å². The molecule has 19 heavy (non-hydrogen) atoms. The van der Waals surface area contributed by atoms with Crippen LogP contribution >= 0.6 is 23.8 Å². The Bertz CT molecular complexity index is 605. The predicted molar refractivity (Wildman–Crippen MR) is 80.6 cm³/mol. The maximum atomic E-state index is 5.93. The average molecular weight is 296 g/mol. The van der Waals surface area contributed by atoms with Crippen molar-refractivity contribution in [2.24, 2.45) is 5.73 Å². The summed E-state index contributed by atoms with van der Waals surface area (Å²) in [6, 6.07) is 5.34. The molecule has 2 rings (SSSR count). The summed E-state index contributed by atoms with van der Waals surface area (Å²) in [5.41, 5.74) is 8.09. The van der Waals surface area contributed by atoms with Gasteiger partial charge in [0.05, 0.1) is 12.2 Å². The lowest BCUT2D eigenvalue weighted by atomic mass is 10.2. The summed E-state index contributed by atoms with van der Waals surface area (Å²) >= 11 is 10.9. The highest BCUT2D eigenvalue weighted by Crippen LogP contribution is 2.21. The standard InChI is InChI=1S/C13H14ClN3OS/c1-7-8(2)18-12(17-7)6-16-11-4-3-9(14)5-10(11)13(15)19/h3-5,16H,6H2,1-2H3,(H2,15,19). The fraction of sp³-hybridized carbons (Fsp3) is 0.231. The number of hydrogen-bond acceptors (Lipinski definition) is 4. The normalized spacial score (nSPS) is 10.5. The van der Waals surface area contributed by atoms with Gasteiger partial charge in [0.15, 0.2) is 0 Å². The number of halogens is 1. The van der Waals surface area contributed by atoms with Crippen molar-refractivity contribution < 1.29 is 4.42 Å². The molecule has 0 aliphatic heterocycles. The van der Waals surface area contributed by atoms with Gasteiger partial charge in [0.2, 0.25) is 5.89 Å². The first-order valence-electron chi connectivity index (χ1n) is 5.73. The summed E-state index contributed by atoms with van der Waals surface area (Å²) in [6.45, 7) is 4.26. The van der Waals surface area contributed by atoms with Gasteiger partial charge < -0.3 is 15.5 Å². The Morgan fingerprint density at radius 1 is 1.47 bits per heavy atom. The molecule has 2 aromatic rings. The number of nitrogens with one attached hydrogen (secondary N) is 1. The van der Waals surface area contributed by atoms with Crippen molar-refractivity contribution in [2.75, 3.05) is 5.32 Å². The number of rotatable bonds is 4. The summed E-state index contributed by atoms with van der Waals surface area (Å²) in [6.07, 6.45) is 0. The van der Waals surface area contributed by atoms with E-state index < -0.39 is 0 Å². The van der Waals surface area contributed by atoms with Crippen LogP contribution in [0.1, 0.15) is 22.9 Å². The monoisotopic (exact) mass is 295 g/mol. The van der Waals surface area contributed by atoms with E-state index in [1.54, 1.807) is 12.1 Å². The Labute approximate surface area is 122 Å². The molecule has 1 heterocycles. The van der Waals surface area contributed by atoms with E-state index in [9.17, 15) is 0 Å². The first-order valence-corrected chi connectivity index (χ1v) is 6.52. The van der Waals surface area contributed by atoms with Gasteiger partial charge in [-0.05, 0) is 32.0 Å². The van der Waals surface area contributed by atoms with Crippen molar-refractivity contribution in [1.82, 2.24) is 4.98 Å². The molecule has 0 saturated carbocycles. The van der Waals surface area contributed by atoms with E-state index in [4.69, 9.17) is 34.0 Å². The van der Waals surface area contributed by atoms with Crippen LogP contribution in [-0.2, 0) is 6.54 Å². The number of aryl methyl sites for hydroxylation is 2. The Hall–Kier alpha value is -1.59. The summed E-state index contributed by atoms with van der Waals surface area (Å²) in [5.74, 6) is 1.45. The number of anilines is 1. The van der Waals surface area contributed by atoms with Crippen LogP contribution in [0.15, 0.2) is 22.6 Å². The van der Waals surface area contributed by atoms with Crippen LogP contribution < -0.4 is 11.1 Å². The van der Waals surface area contributed by atoms with Gasteiger partial charge in [-0.3, -0.25) is 0 Å². The second-order valence-corrected chi connectivity index (χ2v) is 5.03. The third-order valence-electron chi connectivity index (χ3n) is 2.75. The largest absolute Gasteiger partial charge is 0.444 e. The smallest absolute Gasteiger partial charge is 0.213 e. The number of oxazole rings is 1. The molecule has 0 bridgehead atoms. The maximum absolute atomic E-state index is 5.93. The lowest BCUT2D eigenvalue weighted by Gasteiger charge is -2.10. The van der Waals surface area contributed by atoms with E-state index in [1.165, 1.54) is 0 Å². The molecule has 4 nitrogen and oxygen atoms in total. The third-order valence-corrected chi connectivity index (χ3v) is 3.20. The minimum Gasteiger partial charge on any atom is -0.444 e. The second-order valence-electron chi connectivity index (χ2n) is 4.16. The molecule has 3 N–H and O–H groups in total. The Morgan fingerprint density at radius 2 is 2.21 bits per heavy atom. The van der Waals surface area contributed by atoms with Crippen molar-refractivity contribution in [3.05, 3.63) is 46.1 Å². The number of thiocarbonyl (C=S) groups is 1. The molecule has 6 heteroatoms. The van der Waals surface area contributed by atoms with Crippen molar-refractivity contribution in [3.8, 4) is 0 Å². The quantitative estimate of drug-likeness (QED) is 0.848. The Morgan fingerprint density at radius 3 is 2.79 bits per heavy atom. The molecule has 0 spiro atoms. The van der Waals surface area contributed by atoms with Crippen molar-refractivity contribution in [2.45, 2.75) is 20.4 Å². The first kappa shape index (κ1) is 13.8. The Kier molecular flexibility index (Phi) is 4.07. The molecule has 0 radical (unpaired) electrons. The lowest BCUT2D eigenvalue weighted by Crippen LogP contribution is -2.13. The lowest BCUT2D eigenvalue weighted by molar-refractivity contribution is 0.478. The fourth-order valence-electron chi connectivity index (χ4n) is 1.66. The number of benzene rings is 1. The fourth-order valence-corrected chi connectivity index (χ4v) is 2.00. The molecule has 0 saturated heterocycles. The second kappa shape index (κ2) is 5.59. The highest BCUT2D eigenvalue weighted by Gasteiger charge is 2.09. The van der Waals surface area contributed by atoms with Crippen LogP contribution in [0, 0.1) is 13.8 Å². The van der Waals surface area contributed by atoms with Crippen LogP contribution in [0.25, 0.3) is 0 Å². The van der Waals surface area contributed by atoms with E-state index in [0.717, 1.165) is 17.1 Å². The average Bonchev–Trinajstić information content (AvgIpc) is 2.67. The van der Waals surface area contributed by atoms with Crippen molar-refractivity contribution >= 4 is 34.5 Å². The Balaban J connectivity index is 2.17. The number of aromatic nitrogens is 1. The zero-order valence-electron chi connectivity index (χ0n) is 10.7. The molecule has 0 aliphatic carbocycles. The highest BCUT2D eigenvalue weighted by atomic mass is 35.5. The molecule has 100 valence electrons. The first-order chi connectivity index (χ1) is 8.97. The van der Waals surface area contributed by atoms with Crippen LogP contribution in [0.3, 0.4) is 0 Å². The molecule has 0 fully saturated rings. The minimum atomic E-state index is 0.296. The van der Waals surface area contributed by atoms with Crippen LogP contribution in [0.2, 0.25) is 5.02 Å². The van der Waals surface area contributed by atoms with E-state index in [-0.39, 0.29) is 0 Å². The molecule has 0 amide bonds. The molecule has 0 unspecified atom stereocenters. The zero-order chi connectivity index (χ0) is 14.0. The van der Waals surface area contributed by atoms with Gasteiger partial charge in [-0.15, -0.1) is 0 Å². The summed E-state index contributed by atoms with van der Waals surface area (Å²) in [5, 5.41) is 3.79. The highest BCUT2D eigenvalue weighted by molar-refractivity contribution is 7.80. The number of nitrogens with zero attached hydrogens (tertiary/aromatic N) is 1. The van der Waals surface area contributed by atoms with Gasteiger partial charge in [-0.2, -0.15) is 0 Å². The molecular formula is C13H14ClN3OS. The summed E-state index contributed by atoms with van der Waals surface area (Å²) < 4.78 is 5.50. The molecular weight excluding hydrogens is 282 g/mol. The van der Waals surface area contributed by atoms with Gasteiger partial charge in [0, 0.05) is 16.3 Å². The van der Waals surface area contributed by atoms with Crippen molar-refractivity contribution in [3.63, 3.8) is 0 Å². The molecule has 0 atom stereocenters.